The van der Waals surface area contributed by atoms with Crippen molar-refractivity contribution in [2.45, 2.75) is 18.3 Å². The topological polar surface area (TPSA) is 111 Å². The van der Waals surface area contributed by atoms with E-state index in [2.05, 4.69) is 27.6 Å². The number of carbonyl (C=O) groups is 2. The first kappa shape index (κ1) is 21.1. The third-order valence-corrected chi connectivity index (χ3v) is 4.66. The number of hydrogen-bond donors (Lipinski definition) is 2. The van der Waals surface area contributed by atoms with Crippen molar-refractivity contribution < 1.29 is 23.1 Å². The summed E-state index contributed by atoms with van der Waals surface area (Å²) in [4.78, 5) is 23.7. The fourth-order valence-electron chi connectivity index (χ4n) is 2.31. The Morgan fingerprint density at radius 1 is 1.23 bits per heavy atom. The van der Waals surface area contributed by atoms with Crippen molar-refractivity contribution in [2.75, 3.05) is 5.75 Å². The minimum atomic E-state index is -0.569. The molecule has 0 aliphatic rings. The summed E-state index contributed by atoms with van der Waals surface area (Å²) in [6, 6.07) is 9.08. The number of para-hydroxylation sites is 1. The smallest absolute Gasteiger partial charge is 0.305 e. The monoisotopic (exact) mass is 431 g/mol. The molecule has 2 aromatic heterocycles. The molecule has 0 unspecified atom stereocenters. The number of allylic oxidation sites excluding steroid dienone is 1. The van der Waals surface area contributed by atoms with Gasteiger partial charge in [-0.05, 0) is 24.3 Å². The summed E-state index contributed by atoms with van der Waals surface area (Å²) in [7, 11) is 0. The van der Waals surface area contributed by atoms with E-state index in [4.69, 9.17) is 9.15 Å². The van der Waals surface area contributed by atoms with Crippen molar-refractivity contribution in [1.29, 1.82) is 0 Å². The summed E-state index contributed by atoms with van der Waals surface area (Å²) in [5.41, 5.74) is 4.54. The molecule has 2 amide bonds. The van der Waals surface area contributed by atoms with Crippen LogP contribution in [0.25, 0.3) is 0 Å². The lowest BCUT2D eigenvalue weighted by molar-refractivity contribution is -0.119. The lowest BCUT2D eigenvalue weighted by atomic mass is 10.3. The largest absolute Gasteiger partial charge is 0.483 e. The third-order valence-electron chi connectivity index (χ3n) is 3.69. The van der Waals surface area contributed by atoms with Gasteiger partial charge in [-0.25, -0.2) is 4.39 Å². The summed E-state index contributed by atoms with van der Waals surface area (Å²) >= 11 is 1.12. The Morgan fingerprint density at radius 2 is 2.07 bits per heavy atom. The van der Waals surface area contributed by atoms with Crippen LogP contribution in [0.2, 0.25) is 0 Å². The van der Waals surface area contributed by atoms with Gasteiger partial charge in [-0.1, -0.05) is 30.0 Å². The van der Waals surface area contributed by atoms with E-state index >= 15 is 0 Å². The molecule has 2 heterocycles. The predicted octanol–water partition coefficient (Wildman–Crippen LogP) is 2.33. The molecule has 9 nitrogen and oxygen atoms in total. The number of rotatable bonds is 9. The number of nitrogens with zero attached hydrogens (tertiary/aromatic N) is 3. The van der Waals surface area contributed by atoms with Gasteiger partial charge in [0.2, 0.25) is 5.91 Å². The van der Waals surface area contributed by atoms with Crippen LogP contribution in [0.15, 0.2) is 64.9 Å². The zero-order chi connectivity index (χ0) is 21.3. The molecule has 0 radical (unpaired) electrons. The van der Waals surface area contributed by atoms with Gasteiger partial charge in [0.05, 0.1) is 12.0 Å². The Morgan fingerprint density at radius 3 is 2.80 bits per heavy atom. The molecule has 0 aliphatic carbocycles. The third kappa shape index (κ3) is 5.47. The molecule has 0 fully saturated rings. The Labute approximate surface area is 175 Å². The van der Waals surface area contributed by atoms with Gasteiger partial charge in [0.1, 0.15) is 6.61 Å². The van der Waals surface area contributed by atoms with Crippen LogP contribution < -0.4 is 15.6 Å². The number of nitrogens with one attached hydrogen (secondary N) is 2. The molecular weight excluding hydrogens is 413 g/mol. The van der Waals surface area contributed by atoms with E-state index in [0.717, 1.165) is 11.8 Å². The molecular formula is C19H18FN5O4S. The maximum absolute atomic E-state index is 13.7. The van der Waals surface area contributed by atoms with E-state index in [1.165, 1.54) is 24.5 Å². The number of benzene rings is 1. The first-order chi connectivity index (χ1) is 14.6. The summed E-state index contributed by atoms with van der Waals surface area (Å²) in [6.45, 7) is 4.07. The quantitative estimate of drug-likeness (QED) is 0.304. The standard InChI is InChI=1S/C19H18FN5O4S/c1-2-9-25-16(11-29-14-7-4-3-6-13(14)20)21-24-19(25)30-12-17(26)22-23-18(27)15-8-5-10-28-15/h2-8,10H,1,9,11-12H2,(H,22,26)(H,23,27). The molecule has 30 heavy (non-hydrogen) atoms. The summed E-state index contributed by atoms with van der Waals surface area (Å²) in [5.74, 6) is -0.887. The fourth-order valence-corrected chi connectivity index (χ4v) is 3.08. The Balaban J connectivity index is 1.55. The fraction of sp³-hybridized carbons (Fsp3) is 0.158. The minimum Gasteiger partial charge on any atom is -0.483 e. The minimum absolute atomic E-state index is 0.00622. The molecule has 156 valence electrons. The lowest BCUT2D eigenvalue weighted by Crippen LogP contribution is -2.42. The number of hydrogen-bond acceptors (Lipinski definition) is 7. The molecule has 1 aromatic carbocycles. The SMILES string of the molecule is C=CCn1c(COc2ccccc2F)nnc1SCC(=O)NNC(=O)c1ccco1. The summed E-state index contributed by atoms with van der Waals surface area (Å²) in [6.07, 6.45) is 3.00. The number of halogens is 1. The van der Waals surface area contributed by atoms with E-state index < -0.39 is 17.6 Å². The molecule has 0 spiro atoms. The second-order valence-electron chi connectivity index (χ2n) is 5.79. The molecule has 0 atom stereocenters. The number of furan rings is 1. The van der Waals surface area contributed by atoms with Gasteiger partial charge >= 0.3 is 5.91 Å². The highest BCUT2D eigenvalue weighted by atomic mass is 32.2. The second-order valence-corrected chi connectivity index (χ2v) is 6.73. The van der Waals surface area contributed by atoms with Crippen LogP contribution in [-0.4, -0.2) is 32.3 Å². The molecule has 3 rings (SSSR count). The molecule has 3 aromatic rings. The van der Waals surface area contributed by atoms with Gasteiger partial charge in [-0.15, -0.1) is 16.8 Å². The first-order valence-corrected chi connectivity index (χ1v) is 9.73. The van der Waals surface area contributed by atoms with Crippen LogP contribution in [0.4, 0.5) is 4.39 Å². The first-order valence-electron chi connectivity index (χ1n) is 8.74. The highest BCUT2D eigenvalue weighted by Gasteiger charge is 2.15. The van der Waals surface area contributed by atoms with E-state index in [9.17, 15) is 14.0 Å². The number of carbonyl (C=O) groups excluding carboxylic acids is 2. The maximum atomic E-state index is 13.7. The van der Waals surface area contributed by atoms with Crippen LogP contribution in [0.1, 0.15) is 16.4 Å². The Kier molecular flexibility index (Phi) is 7.22. The molecule has 0 saturated heterocycles. The summed E-state index contributed by atoms with van der Waals surface area (Å²) < 4.78 is 25.8. The normalized spacial score (nSPS) is 10.4. The number of amides is 2. The van der Waals surface area contributed by atoms with E-state index in [-0.39, 0.29) is 23.9 Å². The van der Waals surface area contributed by atoms with Gasteiger partial charge < -0.3 is 9.15 Å². The highest BCUT2D eigenvalue weighted by molar-refractivity contribution is 7.99. The van der Waals surface area contributed by atoms with Crippen molar-refractivity contribution in [3.63, 3.8) is 0 Å². The molecule has 0 saturated carbocycles. The number of ether oxygens (including phenoxy) is 1. The van der Waals surface area contributed by atoms with Crippen LogP contribution >= 0.6 is 11.8 Å². The molecule has 2 N–H and O–H groups in total. The van der Waals surface area contributed by atoms with Crippen molar-refractivity contribution in [1.82, 2.24) is 25.6 Å². The highest BCUT2D eigenvalue weighted by Crippen LogP contribution is 2.20. The number of hydrazine groups is 1. The molecule has 0 aliphatic heterocycles. The van der Waals surface area contributed by atoms with Crippen LogP contribution in [0, 0.1) is 5.82 Å². The van der Waals surface area contributed by atoms with Gasteiger partial charge in [0.25, 0.3) is 0 Å². The lowest BCUT2D eigenvalue weighted by Gasteiger charge is -2.10. The number of thioether (sulfide) groups is 1. The van der Waals surface area contributed by atoms with Crippen LogP contribution in [0.5, 0.6) is 5.75 Å². The Hall–Kier alpha value is -3.60. The summed E-state index contributed by atoms with van der Waals surface area (Å²) in [5, 5.41) is 8.55. The second kappa shape index (κ2) is 10.3. The average Bonchev–Trinajstić information content (AvgIpc) is 3.41. The van der Waals surface area contributed by atoms with Gasteiger partial charge in [0.15, 0.2) is 28.3 Å². The van der Waals surface area contributed by atoms with E-state index in [1.807, 2.05) is 0 Å². The molecule has 11 heteroatoms. The van der Waals surface area contributed by atoms with Crippen molar-refractivity contribution in [2.24, 2.45) is 0 Å². The van der Waals surface area contributed by atoms with Crippen molar-refractivity contribution in [3.8, 4) is 5.75 Å². The van der Waals surface area contributed by atoms with Gasteiger partial charge in [0, 0.05) is 6.54 Å². The number of aromatic nitrogens is 3. The van der Waals surface area contributed by atoms with Gasteiger partial charge in [-0.2, -0.15) is 0 Å². The van der Waals surface area contributed by atoms with Gasteiger partial charge in [-0.3, -0.25) is 25.0 Å². The average molecular weight is 431 g/mol. The predicted molar refractivity (Wildman–Crippen MR) is 106 cm³/mol. The Bertz CT molecular complexity index is 1020. The molecule has 0 bridgehead atoms. The van der Waals surface area contributed by atoms with E-state index in [0.29, 0.717) is 17.5 Å². The maximum Gasteiger partial charge on any atom is 0.305 e. The van der Waals surface area contributed by atoms with Crippen molar-refractivity contribution >= 4 is 23.6 Å². The van der Waals surface area contributed by atoms with Crippen LogP contribution in [-0.2, 0) is 17.9 Å². The van der Waals surface area contributed by atoms with Crippen molar-refractivity contribution in [3.05, 3.63) is 72.7 Å². The van der Waals surface area contributed by atoms with Crippen LogP contribution in [0.3, 0.4) is 0 Å². The zero-order valence-electron chi connectivity index (χ0n) is 15.7. The van der Waals surface area contributed by atoms with E-state index in [1.54, 1.807) is 28.8 Å². The zero-order valence-corrected chi connectivity index (χ0v) is 16.5.